The molecule has 2 fully saturated rings. The zero-order valence-corrected chi connectivity index (χ0v) is 22.5. The molecule has 4 rings (SSSR count). The minimum Gasteiger partial charge on any atom is -0.494 e. The number of nitrogens with zero attached hydrogens (tertiary/aromatic N) is 1. The third-order valence-electron chi connectivity index (χ3n) is 7.89. The molecule has 39 heavy (non-hydrogen) atoms. The van der Waals surface area contributed by atoms with Gasteiger partial charge in [-0.25, -0.2) is 9.18 Å². The zero-order valence-electron chi connectivity index (χ0n) is 22.5. The van der Waals surface area contributed by atoms with Crippen molar-refractivity contribution < 1.29 is 33.7 Å². The topological polar surface area (TPSA) is 134 Å². The second-order valence-electron chi connectivity index (χ2n) is 10.5. The van der Waals surface area contributed by atoms with Crippen molar-refractivity contribution in [1.82, 2.24) is 10.2 Å². The number of halogens is 1. The molecule has 2 aromatic rings. The molecule has 2 aromatic carbocycles. The van der Waals surface area contributed by atoms with Crippen LogP contribution in [-0.2, 0) is 15.1 Å². The quantitative estimate of drug-likeness (QED) is 0.356. The molecule has 2 aliphatic rings. The van der Waals surface area contributed by atoms with Gasteiger partial charge >= 0.3 is 6.09 Å². The molecule has 5 N–H and O–H groups in total. The van der Waals surface area contributed by atoms with Crippen molar-refractivity contribution in [1.29, 1.82) is 0 Å². The molecule has 10 heteroatoms. The highest BCUT2D eigenvalue weighted by Gasteiger charge is 2.46. The standard InChI is InChI=1S/C29H38FN3O6/c1-18-15-22(38-2)26(30)24(19-7-4-3-5-8-19)25(18)29(37,11-6-12-32-28(35)36)23-17-33(13-14-39-23)27(34)20-9-10-21(31)16-20/h3-5,7-8,15,20-21,23,32,37H,6,9-14,16-17,31H2,1-2H3,(H,35,36). The highest BCUT2D eigenvalue weighted by atomic mass is 19.1. The molecular formula is C29H38FN3O6. The summed E-state index contributed by atoms with van der Waals surface area (Å²) in [4.78, 5) is 26.1. The Morgan fingerprint density at radius 1 is 1.28 bits per heavy atom. The number of aliphatic hydroxyl groups is 1. The van der Waals surface area contributed by atoms with Crippen LogP contribution in [0.1, 0.15) is 43.2 Å². The van der Waals surface area contributed by atoms with Gasteiger partial charge in [-0.2, -0.15) is 0 Å². The number of amides is 2. The summed E-state index contributed by atoms with van der Waals surface area (Å²) in [5, 5.41) is 23.9. The van der Waals surface area contributed by atoms with Crippen LogP contribution in [0.4, 0.5) is 9.18 Å². The molecule has 0 spiro atoms. The van der Waals surface area contributed by atoms with E-state index in [4.69, 9.17) is 20.3 Å². The largest absolute Gasteiger partial charge is 0.494 e. The number of benzene rings is 2. The fourth-order valence-electron chi connectivity index (χ4n) is 5.98. The molecule has 9 nitrogen and oxygen atoms in total. The first-order valence-electron chi connectivity index (χ1n) is 13.4. The number of methoxy groups -OCH3 is 1. The zero-order chi connectivity index (χ0) is 28.2. The molecule has 0 radical (unpaired) electrons. The van der Waals surface area contributed by atoms with Crippen molar-refractivity contribution in [3.05, 3.63) is 53.3 Å². The number of morpholine rings is 1. The fraction of sp³-hybridized carbons (Fsp3) is 0.517. The average Bonchev–Trinajstić information content (AvgIpc) is 3.38. The Hall–Kier alpha value is -3.21. The van der Waals surface area contributed by atoms with Crippen LogP contribution in [0.25, 0.3) is 11.1 Å². The summed E-state index contributed by atoms with van der Waals surface area (Å²) in [5.41, 5.74) is 5.98. The number of carbonyl (C=O) groups is 2. The molecule has 0 aromatic heterocycles. The Balaban J connectivity index is 1.77. The molecular weight excluding hydrogens is 505 g/mol. The highest BCUT2D eigenvalue weighted by molar-refractivity contribution is 5.79. The summed E-state index contributed by atoms with van der Waals surface area (Å²) in [7, 11) is 1.39. The Kier molecular flexibility index (Phi) is 9.09. The van der Waals surface area contributed by atoms with E-state index in [1.165, 1.54) is 7.11 Å². The van der Waals surface area contributed by atoms with Crippen molar-refractivity contribution in [2.75, 3.05) is 33.4 Å². The minimum atomic E-state index is -1.74. The second-order valence-corrected chi connectivity index (χ2v) is 10.5. The molecule has 4 atom stereocenters. The normalized spacial score (nSPS) is 22.8. The summed E-state index contributed by atoms with van der Waals surface area (Å²) >= 11 is 0. The smallest absolute Gasteiger partial charge is 0.404 e. The van der Waals surface area contributed by atoms with Gasteiger partial charge in [0.05, 0.1) is 20.3 Å². The minimum absolute atomic E-state index is 0.00723. The monoisotopic (exact) mass is 543 g/mol. The third-order valence-corrected chi connectivity index (χ3v) is 7.89. The number of rotatable bonds is 9. The van der Waals surface area contributed by atoms with Crippen molar-refractivity contribution in [3.63, 3.8) is 0 Å². The number of carbonyl (C=O) groups excluding carboxylic acids is 1. The fourth-order valence-corrected chi connectivity index (χ4v) is 5.98. The van der Waals surface area contributed by atoms with Gasteiger partial charge < -0.3 is 35.6 Å². The van der Waals surface area contributed by atoms with Crippen molar-refractivity contribution in [3.8, 4) is 16.9 Å². The number of aryl methyl sites for hydroxylation is 1. The molecule has 212 valence electrons. The predicted octanol–water partition coefficient (Wildman–Crippen LogP) is 3.40. The van der Waals surface area contributed by atoms with E-state index in [0.717, 1.165) is 12.8 Å². The Morgan fingerprint density at radius 2 is 2.03 bits per heavy atom. The van der Waals surface area contributed by atoms with E-state index in [2.05, 4.69) is 5.32 Å². The van der Waals surface area contributed by atoms with Gasteiger partial charge in [-0.1, -0.05) is 30.3 Å². The predicted molar refractivity (Wildman–Crippen MR) is 144 cm³/mol. The maximum atomic E-state index is 16.0. The molecule has 1 aliphatic heterocycles. The van der Waals surface area contributed by atoms with Gasteiger partial charge in [-0.15, -0.1) is 0 Å². The first-order chi connectivity index (χ1) is 18.7. The van der Waals surface area contributed by atoms with Crippen molar-refractivity contribution in [2.45, 2.75) is 56.8 Å². The van der Waals surface area contributed by atoms with E-state index in [0.29, 0.717) is 29.7 Å². The van der Waals surface area contributed by atoms with Crippen LogP contribution >= 0.6 is 0 Å². The van der Waals surface area contributed by atoms with Crippen molar-refractivity contribution >= 4 is 12.0 Å². The summed E-state index contributed by atoms with van der Waals surface area (Å²) in [6.07, 6.45) is 0.451. The van der Waals surface area contributed by atoms with Gasteiger partial charge in [0.2, 0.25) is 5.91 Å². The number of nitrogens with one attached hydrogen (secondary N) is 1. The van der Waals surface area contributed by atoms with Gasteiger partial charge in [-0.05, 0) is 56.2 Å². The number of carboxylic acid groups (broad SMARTS) is 1. The summed E-state index contributed by atoms with van der Waals surface area (Å²) in [6, 6.07) is 10.5. The van der Waals surface area contributed by atoms with Crippen LogP contribution in [-0.4, -0.2) is 72.6 Å². The van der Waals surface area contributed by atoms with Gasteiger partial charge in [0, 0.05) is 36.2 Å². The van der Waals surface area contributed by atoms with Gasteiger partial charge in [0.25, 0.3) is 0 Å². The van der Waals surface area contributed by atoms with E-state index in [1.807, 2.05) is 6.07 Å². The lowest BCUT2D eigenvalue weighted by atomic mass is 9.76. The second kappa shape index (κ2) is 12.3. The van der Waals surface area contributed by atoms with Crippen LogP contribution in [0.5, 0.6) is 5.75 Å². The summed E-state index contributed by atoms with van der Waals surface area (Å²) < 4.78 is 27.4. The van der Waals surface area contributed by atoms with Crippen LogP contribution < -0.4 is 15.8 Å². The molecule has 1 saturated heterocycles. The SMILES string of the molecule is COc1cc(C)c(C(O)(CCCNC(=O)O)C2CN(C(=O)C3CCC(N)C3)CCO2)c(-c2ccccc2)c1F. The van der Waals surface area contributed by atoms with Gasteiger partial charge in [0.15, 0.2) is 11.6 Å². The van der Waals surface area contributed by atoms with Gasteiger partial charge in [-0.3, -0.25) is 4.79 Å². The van der Waals surface area contributed by atoms with Gasteiger partial charge in [0.1, 0.15) is 11.7 Å². The van der Waals surface area contributed by atoms with Crippen LogP contribution in [0, 0.1) is 18.7 Å². The van der Waals surface area contributed by atoms with Crippen LogP contribution in [0.2, 0.25) is 0 Å². The van der Waals surface area contributed by atoms with E-state index < -0.39 is 23.6 Å². The van der Waals surface area contributed by atoms with E-state index in [-0.39, 0.29) is 61.7 Å². The number of hydrogen-bond acceptors (Lipinski definition) is 6. The highest BCUT2D eigenvalue weighted by Crippen LogP contribution is 2.45. The first-order valence-corrected chi connectivity index (χ1v) is 13.4. The van der Waals surface area contributed by atoms with Crippen LogP contribution in [0.15, 0.2) is 36.4 Å². The van der Waals surface area contributed by atoms with E-state index in [1.54, 1.807) is 42.2 Å². The lowest BCUT2D eigenvalue weighted by Gasteiger charge is -2.44. The molecule has 1 saturated carbocycles. The number of hydrogen-bond donors (Lipinski definition) is 4. The van der Waals surface area contributed by atoms with Crippen molar-refractivity contribution in [2.24, 2.45) is 11.7 Å². The molecule has 0 bridgehead atoms. The summed E-state index contributed by atoms with van der Waals surface area (Å²) in [5.74, 6) is -0.738. The number of ether oxygens (including phenoxy) is 2. The maximum Gasteiger partial charge on any atom is 0.404 e. The lowest BCUT2D eigenvalue weighted by Crippen LogP contribution is -2.55. The molecule has 4 unspecified atom stereocenters. The lowest BCUT2D eigenvalue weighted by molar-refractivity contribution is -0.167. The first kappa shape index (κ1) is 28.8. The molecule has 1 aliphatic carbocycles. The third kappa shape index (κ3) is 6.18. The van der Waals surface area contributed by atoms with E-state index >= 15 is 4.39 Å². The molecule has 2 amide bonds. The average molecular weight is 544 g/mol. The Morgan fingerprint density at radius 3 is 2.67 bits per heavy atom. The maximum absolute atomic E-state index is 16.0. The van der Waals surface area contributed by atoms with E-state index in [9.17, 15) is 14.7 Å². The number of nitrogens with two attached hydrogens (primary N) is 1. The summed E-state index contributed by atoms with van der Waals surface area (Å²) in [6.45, 7) is 2.58. The Bertz CT molecular complexity index is 1180. The molecule has 1 heterocycles. The Labute approximate surface area is 228 Å². The van der Waals surface area contributed by atoms with Crippen LogP contribution in [0.3, 0.4) is 0 Å².